The average Bonchev–Trinajstić information content (AvgIpc) is 2.82. The van der Waals surface area contributed by atoms with Crippen LogP contribution in [0.2, 0.25) is 0 Å². The second kappa shape index (κ2) is 10.1. The Balaban J connectivity index is 1.52. The second-order valence-corrected chi connectivity index (χ2v) is 9.89. The van der Waals surface area contributed by atoms with E-state index < -0.39 is 11.0 Å². The number of aromatic nitrogens is 2. The number of nitro benzene ring substituents is 1. The summed E-state index contributed by atoms with van der Waals surface area (Å²) in [5, 5.41) is 15.2. The van der Waals surface area contributed by atoms with Crippen LogP contribution in [0.15, 0.2) is 12.1 Å². The molecule has 2 amide bonds. The second-order valence-electron chi connectivity index (χ2n) is 9.89. The van der Waals surface area contributed by atoms with Crippen LogP contribution >= 0.6 is 0 Å². The number of hydrogen-bond acceptors (Lipinski definition) is 7. The molecule has 188 valence electrons. The highest BCUT2D eigenvalue weighted by atomic mass is 16.6. The summed E-state index contributed by atoms with van der Waals surface area (Å²) >= 11 is 0. The van der Waals surface area contributed by atoms with Crippen molar-refractivity contribution in [1.82, 2.24) is 9.97 Å². The van der Waals surface area contributed by atoms with Gasteiger partial charge in [0.1, 0.15) is 11.5 Å². The Kier molecular flexibility index (Phi) is 7.09. The molecule has 2 aromatic rings. The Hall–Kier alpha value is -3.43. The summed E-state index contributed by atoms with van der Waals surface area (Å²) in [7, 11) is 4.02. The number of urea groups is 1. The van der Waals surface area contributed by atoms with Crippen LogP contribution in [0, 0.1) is 24.0 Å². The first-order valence-corrected chi connectivity index (χ1v) is 12.3. The highest BCUT2D eigenvalue weighted by Gasteiger charge is 2.34. The predicted octanol–water partition coefficient (Wildman–Crippen LogP) is 4.25. The Bertz CT molecular complexity index is 1130. The number of carbonyl (C=O) groups excluding carboxylic acids is 1. The minimum atomic E-state index is -0.660. The maximum absolute atomic E-state index is 12.5. The summed E-state index contributed by atoms with van der Waals surface area (Å²) < 4.78 is 0. The fourth-order valence-corrected chi connectivity index (χ4v) is 5.38. The molecule has 2 aliphatic rings. The molecule has 0 aliphatic heterocycles. The fraction of sp³-hybridized carbons (Fsp3) is 0.560. The van der Waals surface area contributed by atoms with Gasteiger partial charge in [-0.2, -0.15) is 4.98 Å². The molecule has 4 rings (SSSR count). The fourth-order valence-electron chi connectivity index (χ4n) is 5.38. The third-order valence-corrected chi connectivity index (χ3v) is 7.34. The summed E-state index contributed by atoms with van der Waals surface area (Å²) in [5.74, 6) is 1.63. The maximum atomic E-state index is 12.5. The molecular weight excluding hydrogens is 446 g/mol. The summed E-state index contributed by atoms with van der Waals surface area (Å²) in [5.41, 5.74) is 9.97. The third kappa shape index (κ3) is 5.01. The van der Waals surface area contributed by atoms with Crippen LogP contribution in [0.3, 0.4) is 0 Å². The number of benzene rings is 1. The smallest absolute Gasteiger partial charge is 0.319 e. The van der Waals surface area contributed by atoms with Crippen LogP contribution in [0.5, 0.6) is 0 Å². The van der Waals surface area contributed by atoms with E-state index in [4.69, 9.17) is 15.7 Å². The van der Waals surface area contributed by atoms with Gasteiger partial charge in [0.2, 0.25) is 5.95 Å². The van der Waals surface area contributed by atoms with Crippen LogP contribution in [0.25, 0.3) is 0 Å². The zero-order valence-electron chi connectivity index (χ0n) is 21.0. The topological polar surface area (TPSA) is 131 Å². The van der Waals surface area contributed by atoms with E-state index in [-0.39, 0.29) is 17.8 Å². The summed E-state index contributed by atoms with van der Waals surface area (Å²) in [6.07, 6.45) is 7.23. The lowest BCUT2D eigenvalue weighted by atomic mass is 9.89. The predicted molar refractivity (Wildman–Crippen MR) is 137 cm³/mol. The zero-order valence-corrected chi connectivity index (χ0v) is 21.0. The number of anilines is 3. The zero-order chi connectivity index (χ0) is 25.3. The van der Waals surface area contributed by atoms with Gasteiger partial charge in [-0.1, -0.05) is 6.07 Å². The molecule has 1 heterocycles. The molecule has 1 saturated carbocycles. The Morgan fingerprint density at radius 1 is 1.11 bits per heavy atom. The standard InChI is InChI=1S/C25H35N7O3/c1-15-9-14-21(32(34)35)22(16(15)2)31(24(26)33)18-12-10-17(11-13-18)27-25-28-20-8-6-5-7-19(20)23(29-25)30(3)4/h9,14,17-18H,5-8,10-13H2,1-4H3,(H2,26,33)(H,27,28,29). The quantitative estimate of drug-likeness (QED) is 0.466. The van der Waals surface area contributed by atoms with Crippen molar-refractivity contribution >= 4 is 29.2 Å². The minimum absolute atomic E-state index is 0.0918. The van der Waals surface area contributed by atoms with Crippen molar-refractivity contribution < 1.29 is 9.72 Å². The van der Waals surface area contributed by atoms with Crippen molar-refractivity contribution in [1.29, 1.82) is 0 Å². The lowest BCUT2D eigenvalue weighted by Gasteiger charge is -2.37. The Morgan fingerprint density at radius 3 is 2.43 bits per heavy atom. The van der Waals surface area contributed by atoms with E-state index in [1.54, 1.807) is 13.0 Å². The van der Waals surface area contributed by atoms with Gasteiger partial charge in [-0.3, -0.25) is 15.0 Å². The van der Waals surface area contributed by atoms with Crippen LogP contribution in [-0.4, -0.2) is 47.1 Å². The number of nitrogens with one attached hydrogen (secondary N) is 1. The number of fused-ring (bicyclic) bond motifs is 1. The number of carbonyl (C=O) groups is 1. The van der Waals surface area contributed by atoms with E-state index in [1.807, 2.05) is 21.0 Å². The molecule has 1 fully saturated rings. The van der Waals surface area contributed by atoms with E-state index in [1.165, 1.54) is 23.0 Å². The molecule has 0 radical (unpaired) electrons. The van der Waals surface area contributed by atoms with E-state index in [9.17, 15) is 14.9 Å². The van der Waals surface area contributed by atoms with Gasteiger partial charge in [0.05, 0.1) is 10.6 Å². The molecule has 0 spiro atoms. The first-order chi connectivity index (χ1) is 16.7. The van der Waals surface area contributed by atoms with Crippen molar-refractivity contribution in [2.45, 2.75) is 77.3 Å². The van der Waals surface area contributed by atoms with Gasteiger partial charge in [-0.15, -0.1) is 0 Å². The van der Waals surface area contributed by atoms with E-state index in [0.29, 0.717) is 30.0 Å². The number of primary amides is 1. The first-order valence-electron chi connectivity index (χ1n) is 12.3. The highest BCUT2D eigenvalue weighted by molar-refractivity contribution is 5.95. The molecule has 0 unspecified atom stereocenters. The highest BCUT2D eigenvalue weighted by Crippen LogP contribution is 2.38. The van der Waals surface area contributed by atoms with E-state index in [2.05, 4.69) is 10.2 Å². The van der Waals surface area contributed by atoms with Crippen molar-refractivity contribution in [2.24, 2.45) is 5.73 Å². The molecule has 0 bridgehead atoms. The molecule has 0 saturated heterocycles. The van der Waals surface area contributed by atoms with Crippen molar-refractivity contribution in [3.63, 3.8) is 0 Å². The van der Waals surface area contributed by atoms with Gasteiger partial charge >= 0.3 is 6.03 Å². The monoisotopic (exact) mass is 481 g/mol. The lowest BCUT2D eigenvalue weighted by Crippen LogP contribution is -2.47. The summed E-state index contributed by atoms with van der Waals surface area (Å²) in [6.45, 7) is 3.68. The van der Waals surface area contributed by atoms with Gasteiger partial charge in [0.25, 0.3) is 5.69 Å². The van der Waals surface area contributed by atoms with Crippen molar-refractivity contribution in [3.05, 3.63) is 44.6 Å². The van der Waals surface area contributed by atoms with E-state index >= 15 is 0 Å². The molecule has 1 aromatic heterocycles. The molecule has 1 aromatic carbocycles. The largest absolute Gasteiger partial charge is 0.362 e. The van der Waals surface area contributed by atoms with Gasteiger partial charge in [0.15, 0.2) is 0 Å². The molecule has 35 heavy (non-hydrogen) atoms. The number of amides is 2. The molecule has 10 heteroatoms. The molecule has 2 aliphatic carbocycles. The van der Waals surface area contributed by atoms with Gasteiger partial charge in [-0.25, -0.2) is 9.78 Å². The first kappa shape index (κ1) is 24.7. The van der Waals surface area contributed by atoms with Crippen molar-refractivity contribution in [2.75, 3.05) is 29.2 Å². The van der Waals surface area contributed by atoms with Crippen LogP contribution < -0.4 is 20.9 Å². The third-order valence-electron chi connectivity index (χ3n) is 7.34. The SMILES string of the molecule is Cc1ccc([N+](=O)[O-])c(N(C(N)=O)C2CCC(Nc3nc4c(c(N(C)C)n3)CCCC4)CC2)c1C. The van der Waals surface area contributed by atoms with Crippen LogP contribution in [0.1, 0.15) is 60.9 Å². The van der Waals surface area contributed by atoms with Gasteiger partial charge in [-0.05, 0) is 76.3 Å². The Labute approximate surface area is 206 Å². The van der Waals surface area contributed by atoms with Gasteiger partial charge < -0.3 is 16.0 Å². The Morgan fingerprint density at radius 2 is 1.80 bits per heavy atom. The minimum Gasteiger partial charge on any atom is -0.362 e. The number of rotatable bonds is 6. The van der Waals surface area contributed by atoms with Gasteiger partial charge in [0, 0.05) is 37.8 Å². The summed E-state index contributed by atoms with van der Waals surface area (Å²) in [6, 6.07) is 2.46. The average molecular weight is 482 g/mol. The number of nitro groups is 1. The van der Waals surface area contributed by atoms with Crippen LogP contribution in [-0.2, 0) is 12.8 Å². The van der Waals surface area contributed by atoms with E-state index in [0.717, 1.165) is 49.2 Å². The summed E-state index contributed by atoms with van der Waals surface area (Å²) in [4.78, 5) is 36.9. The lowest BCUT2D eigenvalue weighted by molar-refractivity contribution is -0.384. The van der Waals surface area contributed by atoms with Crippen molar-refractivity contribution in [3.8, 4) is 0 Å². The number of nitrogens with zero attached hydrogens (tertiary/aromatic N) is 5. The number of aryl methyl sites for hydroxylation is 2. The number of nitrogens with two attached hydrogens (primary N) is 1. The molecule has 3 N–H and O–H groups in total. The maximum Gasteiger partial charge on any atom is 0.319 e. The molecular formula is C25H35N7O3. The number of hydrogen-bond donors (Lipinski definition) is 2. The van der Waals surface area contributed by atoms with Crippen LogP contribution in [0.4, 0.5) is 27.9 Å². The molecule has 0 atom stereocenters. The molecule has 10 nitrogen and oxygen atoms in total. The normalized spacial score (nSPS) is 19.5.